The van der Waals surface area contributed by atoms with Gasteiger partial charge in [-0.3, -0.25) is 0 Å². The molecule has 0 bridgehead atoms. The van der Waals surface area contributed by atoms with Gasteiger partial charge in [-0.15, -0.1) is 4.31 Å². The van der Waals surface area contributed by atoms with Crippen LogP contribution in [0.4, 0.5) is 0 Å². The fraction of sp³-hybridized carbons (Fsp3) is 0.571. The van der Waals surface area contributed by atoms with Crippen molar-refractivity contribution in [3.63, 3.8) is 0 Å². The molecule has 0 aliphatic carbocycles. The van der Waals surface area contributed by atoms with Crippen LogP contribution in [0.3, 0.4) is 0 Å². The Balaban J connectivity index is 2.19. The van der Waals surface area contributed by atoms with Crippen LogP contribution >= 0.6 is 0 Å². The Bertz CT molecular complexity index is 360. The Morgan fingerprint density at radius 2 is 1.88 bits per heavy atom. The molecule has 1 aromatic rings. The third-order valence-corrected chi connectivity index (χ3v) is 5.04. The van der Waals surface area contributed by atoms with Crippen LogP contribution in [0.5, 0.6) is 0 Å². The second-order valence-corrected chi connectivity index (χ2v) is 7.76. The van der Waals surface area contributed by atoms with Gasteiger partial charge in [0.1, 0.15) is 4.75 Å². The van der Waals surface area contributed by atoms with E-state index in [-0.39, 0.29) is 4.75 Å². The second kappa shape index (κ2) is 5.01. The van der Waals surface area contributed by atoms with E-state index in [2.05, 4.69) is 28.6 Å². The van der Waals surface area contributed by atoms with Gasteiger partial charge in [-0.05, 0) is 39.2 Å². The molecule has 2 rings (SSSR count). The first-order valence-corrected chi connectivity index (χ1v) is 7.34. The van der Waals surface area contributed by atoms with Gasteiger partial charge in [-0.2, -0.15) is 0 Å². The molecule has 0 aromatic heterocycles. The highest BCUT2D eigenvalue weighted by atomic mass is 32.2. The SMILES string of the molecule is CC(C)(C)[S+]([O-])N1CCC[C@@H]1c1ccccc1. The Morgan fingerprint density at radius 1 is 1.24 bits per heavy atom. The average Bonchev–Trinajstić information content (AvgIpc) is 2.76. The zero-order valence-corrected chi connectivity index (χ0v) is 11.7. The van der Waals surface area contributed by atoms with E-state index in [1.807, 2.05) is 26.8 Å². The third-order valence-electron chi connectivity index (χ3n) is 3.12. The van der Waals surface area contributed by atoms with Crippen LogP contribution in [0.2, 0.25) is 0 Å². The van der Waals surface area contributed by atoms with Gasteiger partial charge in [0.2, 0.25) is 0 Å². The number of rotatable bonds is 2. The zero-order valence-electron chi connectivity index (χ0n) is 10.8. The van der Waals surface area contributed by atoms with Gasteiger partial charge in [-0.1, -0.05) is 30.3 Å². The van der Waals surface area contributed by atoms with E-state index in [4.69, 9.17) is 0 Å². The summed E-state index contributed by atoms with van der Waals surface area (Å²) in [5.74, 6) is 0. The van der Waals surface area contributed by atoms with Gasteiger partial charge >= 0.3 is 0 Å². The van der Waals surface area contributed by atoms with Crippen molar-refractivity contribution in [2.24, 2.45) is 0 Å². The Morgan fingerprint density at radius 3 is 2.47 bits per heavy atom. The molecule has 1 aliphatic heterocycles. The van der Waals surface area contributed by atoms with Crippen LogP contribution in [0.15, 0.2) is 30.3 Å². The molecule has 3 heteroatoms. The Hall–Kier alpha value is -0.510. The van der Waals surface area contributed by atoms with Crippen molar-refractivity contribution >= 4 is 11.4 Å². The maximum atomic E-state index is 12.5. The summed E-state index contributed by atoms with van der Waals surface area (Å²) in [5.41, 5.74) is 1.29. The number of nitrogens with zero attached hydrogens (tertiary/aromatic N) is 1. The van der Waals surface area contributed by atoms with Crippen molar-refractivity contribution in [3.05, 3.63) is 35.9 Å². The molecule has 1 saturated heterocycles. The molecule has 0 amide bonds. The summed E-state index contributed by atoms with van der Waals surface area (Å²) in [4.78, 5) is 0. The first kappa shape index (κ1) is 12.9. The largest absolute Gasteiger partial charge is 0.597 e. The van der Waals surface area contributed by atoms with Crippen molar-refractivity contribution < 1.29 is 4.55 Å². The zero-order chi connectivity index (χ0) is 12.5. The standard InChI is InChI=1S/C14H21NOS/c1-14(2,3)17(16)15-11-7-10-13(15)12-8-5-4-6-9-12/h4-6,8-9,13H,7,10-11H2,1-3H3/t13-,17?/m1/s1. The monoisotopic (exact) mass is 251 g/mol. The van der Waals surface area contributed by atoms with Crippen LogP contribution in [-0.2, 0) is 11.4 Å². The third kappa shape index (κ3) is 2.84. The first-order valence-electron chi connectivity index (χ1n) is 6.24. The summed E-state index contributed by atoms with van der Waals surface area (Å²) in [6.07, 6.45) is 2.26. The van der Waals surface area contributed by atoms with Crippen LogP contribution in [-0.4, -0.2) is 20.1 Å². The molecule has 0 radical (unpaired) electrons. The van der Waals surface area contributed by atoms with Gasteiger partial charge in [0.05, 0.1) is 6.04 Å². The van der Waals surface area contributed by atoms with E-state index < -0.39 is 11.4 Å². The first-order chi connectivity index (χ1) is 8.00. The molecule has 2 atom stereocenters. The molecule has 17 heavy (non-hydrogen) atoms. The average molecular weight is 251 g/mol. The van der Waals surface area contributed by atoms with Gasteiger partial charge in [-0.25, -0.2) is 0 Å². The normalized spacial score (nSPS) is 23.9. The minimum absolute atomic E-state index is 0.169. The molecular weight excluding hydrogens is 230 g/mol. The maximum Gasteiger partial charge on any atom is 0.137 e. The molecule has 1 fully saturated rings. The molecule has 94 valence electrons. The molecule has 0 N–H and O–H groups in total. The van der Waals surface area contributed by atoms with Crippen molar-refractivity contribution in [2.75, 3.05) is 6.54 Å². The molecule has 1 aromatic carbocycles. The van der Waals surface area contributed by atoms with Crippen molar-refractivity contribution in [3.8, 4) is 0 Å². The summed E-state index contributed by atoms with van der Waals surface area (Å²) < 4.78 is 14.5. The summed E-state index contributed by atoms with van der Waals surface area (Å²) in [5, 5.41) is 0. The van der Waals surface area contributed by atoms with E-state index in [0.29, 0.717) is 6.04 Å². The maximum absolute atomic E-state index is 12.5. The molecular formula is C14H21NOS. The van der Waals surface area contributed by atoms with Crippen LogP contribution in [0.1, 0.15) is 45.2 Å². The van der Waals surface area contributed by atoms with Crippen LogP contribution < -0.4 is 0 Å². The molecule has 1 aliphatic rings. The smallest absolute Gasteiger partial charge is 0.137 e. The lowest BCUT2D eigenvalue weighted by atomic mass is 10.1. The highest BCUT2D eigenvalue weighted by Gasteiger charge is 2.40. The van der Waals surface area contributed by atoms with Gasteiger partial charge in [0.25, 0.3) is 0 Å². The van der Waals surface area contributed by atoms with Gasteiger partial charge in [0.15, 0.2) is 0 Å². The fourth-order valence-electron chi connectivity index (χ4n) is 2.30. The molecule has 1 heterocycles. The molecule has 0 saturated carbocycles. The van der Waals surface area contributed by atoms with E-state index in [1.54, 1.807) is 0 Å². The number of hydrogen-bond donors (Lipinski definition) is 0. The quantitative estimate of drug-likeness (QED) is 0.754. The van der Waals surface area contributed by atoms with Gasteiger partial charge in [0, 0.05) is 17.9 Å². The predicted octanol–water partition coefficient (Wildman–Crippen LogP) is 3.29. The number of benzene rings is 1. The Kier molecular flexibility index (Phi) is 3.81. The van der Waals surface area contributed by atoms with E-state index in [9.17, 15) is 4.55 Å². The number of hydrogen-bond acceptors (Lipinski definition) is 2. The highest BCUT2D eigenvalue weighted by molar-refractivity contribution is 7.90. The van der Waals surface area contributed by atoms with E-state index in [0.717, 1.165) is 19.4 Å². The summed E-state index contributed by atoms with van der Waals surface area (Å²) in [7, 11) is 0. The van der Waals surface area contributed by atoms with Crippen LogP contribution in [0, 0.1) is 0 Å². The van der Waals surface area contributed by atoms with Crippen LogP contribution in [0.25, 0.3) is 0 Å². The minimum atomic E-state index is -0.910. The van der Waals surface area contributed by atoms with E-state index in [1.165, 1.54) is 5.56 Å². The highest BCUT2D eigenvalue weighted by Crippen LogP contribution is 2.37. The summed E-state index contributed by atoms with van der Waals surface area (Å²) >= 11 is -0.910. The van der Waals surface area contributed by atoms with Gasteiger partial charge < -0.3 is 4.55 Å². The minimum Gasteiger partial charge on any atom is -0.597 e. The lowest BCUT2D eigenvalue weighted by Crippen LogP contribution is -2.42. The topological polar surface area (TPSA) is 26.3 Å². The molecule has 0 spiro atoms. The lowest BCUT2D eigenvalue weighted by molar-refractivity contribution is 0.381. The lowest BCUT2D eigenvalue weighted by Gasteiger charge is -2.33. The molecule has 2 nitrogen and oxygen atoms in total. The predicted molar refractivity (Wildman–Crippen MR) is 73.0 cm³/mol. The fourth-order valence-corrected chi connectivity index (χ4v) is 3.76. The van der Waals surface area contributed by atoms with Crippen molar-refractivity contribution in [1.82, 2.24) is 4.31 Å². The second-order valence-electron chi connectivity index (χ2n) is 5.57. The van der Waals surface area contributed by atoms with Crippen molar-refractivity contribution in [2.45, 2.75) is 44.4 Å². The van der Waals surface area contributed by atoms with E-state index >= 15 is 0 Å². The Labute approximate surface area is 107 Å². The summed E-state index contributed by atoms with van der Waals surface area (Å²) in [6, 6.07) is 10.8. The molecule has 1 unspecified atom stereocenters. The summed E-state index contributed by atoms with van der Waals surface area (Å²) in [6.45, 7) is 7.08. The van der Waals surface area contributed by atoms with Crippen molar-refractivity contribution in [1.29, 1.82) is 0 Å².